The Morgan fingerprint density at radius 2 is 2.05 bits per heavy atom. The maximum atomic E-state index is 12.1. The quantitative estimate of drug-likeness (QED) is 0.509. The molecule has 0 bridgehead atoms. The minimum atomic E-state index is -4.05. The molecule has 0 unspecified atom stereocenters. The first-order valence-electron chi connectivity index (χ1n) is 5.00. The molecule has 0 radical (unpaired) electrons. The van der Waals surface area contributed by atoms with Gasteiger partial charge in [-0.1, -0.05) is 6.07 Å². The third-order valence-electron chi connectivity index (χ3n) is 2.28. The van der Waals surface area contributed by atoms with Gasteiger partial charge in [0.2, 0.25) is 0 Å². The van der Waals surface area contributed by atoms with E-state index in [1.807, 2.05) is 0 Å². The lowest BCUT2D eigenvalue weighted by atomic mass is 10.3. The maximum absolute atomic E-state index is 12.1. The first-order chi connectivity index (χ1) is 8.92. The van der Waals surface area contributed by atoms with Gasteiger partial charge in [-0.15, -0.1) is 0 Å². The van der Waals surface area contributed by atoms with Gasteiger partial charge in [0, 0.05) is 5.38 Å². The molecule has 9 heteroatoms. The molecule has 0 atom stereocenters. The monoisotopic (exact) mass is 299 g/mol. The lowest BCUT2D eigenvalue weighted by Crippen LogP contribution is -2.15. The smallest absolute Gasteiger partial charge is 0.312 e. The molecule has 3 N–H and O–H groups in total. The molecule has 1 aromatic carbocycles. The van der Waals surface area contributed by atoms with Gasteiger partial charge in [0.15, 0.2) is 4.90 Å². The number of para-hydroxylation sites is 1. The zero-order chi connectivity index (χ0) is 14.0. The molecular weight excluding hydrogens is 290 g/mol. The van der Waals surface area contributed by atoms with Crippen LogP contribution in [0.4, 0.5) is 17.1 Å². The van der Waals surface area contributed by atoms with Gasteiger partial charge in [-0.3, -0.25) is 14.8 Å². The number of nitrogens with two attached hydrogens (primary N) is 1. The summed E-state index contributed by atoms with van der Waals surface area (Å²) in [6, 6.07) is 5.33. The number of anilines is 2. The summed E-state index contributed by atoms with van der Waals surface area (Å²) in [7, 11) is -4.05. The molecule has 2 rings (SSSR count). The Bertz CT molecular complexity index is 710. The highest BCUT2D eigenvalue weighted by molar-refractivity contribution is 7.92. The summed E-state index contributed by atoms with van der Waals surface area (Å²) in [6.07, 6.45) is 0. The van der Waals surface area contributed by atoms with Gasteiger partial charge in [-0.25, -0.2) is 8.42 Å². The van der Waals surface area contributed by atoms with E-state index in [1.54, 1.807) is 16.8 Å². The van der Waals surface area contributed by atoms with Crippen LogP contribution in [0.5, 0.6) is 0 Å². The molecule has 0 fully saturated rings. The van der Waals surface area contributed by atoms with Crippen LogP contribution in [0.25, 0.3) is 0 Å². The van der Waals surface area contributed by atoms with Crippen LogP contribution in [0.1, 0.15) is 0 Å². The Labute approximate surface area is 112 Å². The number of nitro benzene ring substituents is 1. The summed E-state index contributed by atoms with van der Waals surface area (Å²) in [4.78, 5) is 9.66. The molecule has 19 heavy (non-hydrogen) atoms. The van der Waals surface area contributed by atoms with E-state index in [-0.39, 0.29) is 5.69 Å². The fourth-order valence-electron chi connectivity index (χ4n) is 1.48. The second kappa shape index (κ2) is 4.86. The van der Waals surface area contributed by atoms with Gasteiger partial charge >= 0.3 is 5.69 Å². The second-order valence-corrected chi connectivity index (χ2v) is 6.00. The third-order valence-corrected chi connectivity index (χ3v) is 4.37. The van der Waals surface area contributed by atoms with Crippen molar-refractivity contribution in [2.45, 2.75) is 4.90 Å². The molecule has 1 heterocycles. The minimum Gasteiger partial charge on any atom is -0.393 e. The van der Waals surface area contributed by atoms with E-state index in [9.17, 15) is 18.5 Å². The SMILES string of the molecule is Nc1cccc(S(=O)(=O)Nc2ccsc2)c1[N+](=O)[O-]. The van der Waals surface area contributed by atoms with Crippen LogP contribution >= 0.6 is 11.3 Å². The standard InChI is InChI=1S/C10H9N3O4S2/c11-8-2-1-3-9(10(8)13(14)15)19(16,17)12-7-4-5-18-6-7/h1-6,12H,11H2. The molecular formula is C10H9N3O4S2. The van der Waals surface area contributed by atoms with Gasteiger partial charge < -0.3 is 5.73 Å². The van der Waals surface area contributed by atoms with Crippen LogP contribution in [-0.2, 0) is 10.0 Å². The van der Waals surface area contributed by atoms with E-state index in [4.69, 9.17) is 5.73 Å². The summed E-state index contributed by atoms with van der Waals surface area (Å²) in [5.41, 5.74) is 4.99. The van der Waals surface area contributed by atoms with Crippen molar-refractivity contribution in [3.8, 4) is 0 Å². The number of rotatable bonds is 4. The zero-order valence-electron chi connectivity index (χ0n) is 9.44. The second-order valence-electron chi connectivity index (χ2n) is 3.57. The predicted molar refractivity (Wildman–Crippen MR) is 72.6 cm³/mol. The van der Waals surface area contributed by atoms with Crippen LogP contribution in [0.2, 0.25) is 0 Å². The van der Waals surface area contributed by atoms with Crippen molar-refractivity contribution >= 4 is 38.4 Å². The van der Waals surface area contributed by atoms with Crippen LogP contribution in [0, 0.1) is 10.1 Å². The van der Waals surface area contributed by atoms with Crippen molar-refractivity contribution in [2.24, 2.45) is 0 Å². The molecule has 100 valence electrons. The average molecular weight is 299 g/mol. The van der Waals surface area contributed by atoms with E-state index in [0.29, 0.717) is 5.69 Å². The molecule has 7 nitrogen and oxygen atoms in total. The molecule has 1 aromatic heterocycles. The number of nitrogen functional groups attached to an aromatic ring is 1. The highest BCUT2D eigenvalue weighted by Gasteiger charge is 2.28. The molecule has 0 spiro atoms. The van der Waals surface area contributed by atoms with Gasteiger partial charge in [0.05, 0.1) is 10.6 Å². The Morgan fingerprint density at radius 1 is 1.32 bits per heavy atom. The Morgan fingerprint density at radius 3 is 2.63 bits per heavy atom. The molecule has 0 aliphatic carbocycles. The summed E-state index contributed by atoms with van der Waals surface area (Å²) in [6.45, 7) is 0. The van der Waals surface area contributed by atoms with Crippen molar-refractivity contribution in [1.29, 1.82) is 0 Å². The van der Waals surface area contributed by atoms with E-state index < -0.39 is 25.5 Å². The van der Waals surface area contributed by atoms with E-state index in [2.05, 4.69) is 4.72 Å². The van der Waals surface area contributed by atoms with Crippen LogP contribution < -0.4 is 10.5 Å². The molecule has 0 aliphatic heterocycles. The molecule has 0 saturated heterocycles. The minimum absolute atomic E-state index is 0.196. The first kappa shape index (κ1) is 13.3. The van der Waals surface area contributed by atoms with Crippen molar-refractivity contribution < 1.29 is 13.3 Å². The third kappa shape index (κ3) is 2.66. The summed E-state index contributed by atoms with van der Waals surface area (Å²) in [5, 5.41) is 14.2. The van der Waals surface area contributed by atoms with Gasteiger partial charge in [0.1, 0.15) is 5.69 Å². The lowest BCUT2D eigenvalue weighted by Gasteiger charge is -2.07. The topological polar surface area (TPSA) is 115 Å². The number of hydrogen-bond donors (Lipinski definition) is 2. The Balaban J connectivity index is 2.52. The van der Waals surface area contributed by atoms with Gasteiger partial charge in [0.25, 0.3) is 10.0 Å². The molecule has 0 amide bonds. The fraction of sp³-hybridized carbons (Fsp3) is 0. The fourth-order valence-corrected chi connectivity index (χ4v) is 3.40. The Kier molecular flexibility index (Phi) is 3.40. The number of thiophene rings is 1. The highest BCUT2D eigenvalue weighted by atomic mass is 32.2. The number of benzene rings is 1. The number of sulfonamides is 1. The number of nitrogens with one attached hydrogen (secondary N) is 1. The summed E-state index contributed by atoms with van der Waals surface area (Å²) < 4.78 is 26.5. The van der Waals surface area contributed by atoms with Crippen molar-refractivity contribution in [3.63, 3.8) is 0 Å². The van der Waals surface area contributed by atoms with E-state index in [0.717, 1.165) is 6.07 Å². The van der Waals surface area contributed by atoms with Crippen LogP contribution in [0.3, 0.4) is 0 Å². The van der Waals surface area contributed by atoms with Crippen molar-refractivity contribution in [1.82, 2.24) is 0 Å². The molecule has 0 saturated carbocycles. The van der Waals surface area contributed by atoms with Gasteiger partial charge in [-0.2, -0.15) is 11.3 Å². The average Bonchev–Trinajstić information content (AvgIpc) is 2.80. The lowest BCUT2D eigenvalue weighted by molar-refractivity contribution is -0.386. The largest absolute Gasteiger partial charge is 0.393 e. The van der Waals surface area contributed by atoms with Crippen LogP contribution in [-0.4, -0.2) is 13.3 Å². The van der Waals surface area contributed by atoms with Gasteiger partial charge in [-0.05, 0) is 23.6 Å². The normalized spacial score (nSPS) is 11.2. The molecule has 2 aromatic rings. The summed E-state index contributed by atoms with van der Waals surface area (Å²) in [5.74, 6) is 0. The number of hydrogen-bond acceptors (Lipinski definition) is 6. The summed E-state index contributed by atoms with van der Waals surface area (Å²) >= 11 is 1.30. The zero-order valence-corrected chi connectivity index (χ0v) is 11.1. The number of nitro groups is 1. The Hall–Kier alpha value is -2.13. The van der Waals surface area contributed by atoms with Crippen LogP contribution in [0.15, 0.2) is 39.9 Å². The predicted octanol–water partition coefficient (Wildman–Crippen LogP) is 2.04. The number of nitrogens with zero attached hydrogens (tertiary/aromatic N) is 1. The molecule has 0 aliphatic rings. The highest BCUT2D eigenvalue weighted by Crippen LogP contribution is 2.31. The first-order valence-corrected chi connectivity index (χ1v) is 7.42. The van der Waals surface area contributed by atoms with Crippen molar-refractivity contribution in [3.05, 3.63) is 45.1 Å². The van der Waals surface area contributed by atoms with E-state index >= 15 is 0 Å². The van der Waals surface area contributed by atoms with Crippen molar-refractivity contribution in [2.75, 3.05) is 10.5 Å². The maximum Gasteiger partial charge on any atom is 0.312 e. The van der Waals surface area contributed by atoms with E-state index in [1.165, 1.54) is 23.5 Å².